The molecule has 2 aromatic heterocycles. The molecular weight excluding hydrogens is 278 g/mol. The Bertz CT molecular complexity index is 731. The maximum atomic E-state index is 11.8. The number of aromatic nitrogens is 2. The maximum Gasteiger partial charge on any atom is 0.339 e. The number of anilines is 1. The zero-order valence-electron chi connectivity index (χ0n) is 11.5. The fourth-order valence-electron chi connectivity index (χ4n) is 1.66. The summed E-state index contributed by atoms with van der Waals surface area (Å²) in [6, 6.07) is 4.08. The molecular formula is C13H13N3O5. The number of hydrogen-bond donors (Lipinski definition) is 1. The van der Waals surface area contributed by atoms with E-state index in [0.717, 1.165) is 4.57 Å². The van der Waals surface area contributed by atoms with Gasteiger partial charge < -0.3 is 19.1 Å². The van der Waals surface area contributed by atoms with Gasteiger partial charge in [0.1, 0.15) is 12.3 Å². The second-order valence-corrected chi connectivity index (χ2v) is 4.25. The smallest absolute Gasteiger partial charge is 0.339 e. The number of carbonyl (C=O) groups excluding carboxylic acids is 2. The first kappa shape index (κ1) is 14.5. The van der Waals surface area contributed by atoms with E-state index in [1.807, 2.05) is 0 Å². The molecule has 2 aromatic rings. The van der Waals surface area contributed by atoms with Gasteiger partial charge in [-0.3, -0.25) is 9.59 Å². The van der Waals surface area contributed by atoms with E-state index in [0.29, 0.717) is 5.76 Å². The Labute approximate surface area is 119 Å². The van der Waals surface area contributed by atoms with Gasteiger partial charge >= 0.3 is 5.97 Å². The zero-order valence-corrected chi connectivity index (χ0v) is 11.5. The van der Waals surface area contributed by atoms with Crippen LogP contribution >= 0.6 is 0 Å². The van der Waals surface area contributed by atoms with E-state index in [1.54, 1.807) is 13.0 Å². The number of pyridine rings is 1. The molecule has 0 unspecified atom stereocenters. The van der Waals surface area contributed by atoms with Gasteiger partial charge in [-0.25, -0.2) is 4.79 Å². The Morgan fingerprint density at radius 3 is 2.81 bits per heavy atom. The van der Waals surface area contributed by atoms with E-state index in [9.17, 15) is 14.4 Å². The van der Waals surface area contributed by atoms with Gasteiger partial charge in [0.25, 0.3) is 5.56 Å². The van der Waals surface area contributed by atoms with E-state index in [1.165, 1.54) is 25.4 Å². The summed E-state index contributed by atoms with van der Waals surface area (Å²) in [4.78, 5) is 34.9. The van der Waals surface area contributed by atoms with Crippen molar-refractivity contribution in [2.75, 3.05) is 12.4 Å². The lowest BCUT2D eigenvalue weighted by Crippen LogP contribution is -2.27. The Morgan fingerprint density at radius 1 is 1.43 bits per heavy atom. The first-order valence-corrected chi connectivity index (χ1v) is 6.01. The Kier molecular flexibility index (Phi) is 4.17. The highest BCUT2D eigenvalue weighted by molar-refractivity contribution is 5.90. The summed E-state index contributed by atoms with van der Waals surface area (Å²) in [5.74, 6) is -0.242. The predicted molar refractivity (Wildman–Crippen MR) is 71.9 cm³/mol. The SMILES string of the molecule is COC(=O)c1ccc(=O)n(CC(=O)Nc2cc(C)on2)c1. The molecule has 0 aromatic carbocycles. The van der Waals surface area contributed by atoms with Gasteiger partial charge in [-0.15, -0.1) is 0 Å². The topological polar surface area (TPSA) is 103 Å². The third-order valence-electron chi connectivity index (χ3n) is 2.61. The van der Waals surface area contributed by atoms with E-state index >= 15 is 0 Å². The van der Waals surface area contributed by atoms with Crippen LogP contribution < -0.4 is 10.9 Å². The van der Waals surface area contributed by atoms with Crippen molar-refractivity contribution in [3.63, 3.8) is 0 Å². The van der Waals surface area contributed by atoms with Crippen LogP contribution in [0.15, 0.2) is 33.7 Å². The van der Waals surface area contributed by atoms with Crippen molar-refractivity contribution in [1.29, 1.82) is 0 Å². The molecule has 2 heterocycles. The molecule has 0 spiro atoms. The minimum atomic E-state index is -0.587. The number of aryl methyl sites for hydroxylation is 1. The van der Waals surface area contributed by atoms with Crippen molar-refractivity contribution in [2.45, 2.75) is 13.5 Å². The molecule has 0 saturated carbocycles. The van der Waals surface area contributed by atoms with Crippen LogP contribution in [0.3, 0.4) is 0 Å². The molecule has 8 heteroatoms. The van der Waals surface area contributed by atoms with Crippen LogP contribution in [0, 0.1) is 6.92 Å². The van der Waals surface area contributed by atoms with Crippen molar-refractivity contribution < 1.29 is 18.8 Å². The molecule has 0 bridgehead atoms. The minimum Gasteiger partial charge on any atom is -0.465 e. The van der Waals surface area contributed by atoms with Crippen LogP contribution in [-0.4, -0.2) is 28.7 Å². The highest BCUT2D eigenvalue weighted by Gasteiger charge is 2.11. The maximum absolute atomic E-state index is 11.8. The van der Waals surface area contributed by atoms with Gasteiger partial charge in [0, 0.05) is 18.3 Å². The molecule has 0 atom stereocenters. The highest BCUT2D eigenvalue weighted by atomic mass is 16.5. The van der Waals surface area contributed by atoms with Crippen molar-refractivity contribution in [3.8, 4) is 0 Å². The van der Waals surface area contributed by atoms with Gasteiger partial charge in [0.05, 0.1) is 12.7 Å². The number of amides is 1. The molecule has 2 rings (SSSR count). The van der Waals surface area contributed by atoms with Crippen LogP contribution in [-0.2, 0) is 16.1 Å². The molecule has 1 N–H and O–H groups in total. The van der Waals surface area contributed by atoms with Crippen molar-refractivity contribution in [2.24, 2.45) is 0 Å². The number of nitrogens with zero attached hydrogens (tertiary/aromatic N) is 2. The van der Waals surface area contributed by atoms with E-state index < -0.39 is 17.4 Å². The van der Waals surface area contributed by atoms with Crippen molar-refractivity contribution in [1.82, 2.24) is 9.72 Å². The molecule has 110 valence electrons. The summed E-state index contributed by atoms with van der Waals surface area (Å²) in [5, 5.41) is 6.09. The van der Waals surface area contributed by atoms with Crippen molar-refractivity contribution in [3.05, 3.63) is 46.1 Å². The Balaban J connectivity index is 2.13. The molecule has 1 amide bonds. The van der Waals surface area contributed by atoms with Crippen LogP contribution in [0.5, 0.6) is 0 Å². The van der Waals surface area contributed by atoms with E-state index in [2.05, 4.69) is 15.2 Å². The lowest BCUT2D eigenvalue weighted by molar-refractivity contribution is -0.116. The van der Waals surface area contributed by atoms with Crippen LogP contribution in [0.4, 0.5) is 5.82 Å². The van der Waals surface area contributed by atoms with Crippen LogP contribution in [0.2, 0.25) is 0 Å². The predicted octanol–water partition coefficient (Wildman–Crippen LogP) is 0.570. The Morgan fingerprint density at radius 2 is 2.19 bits per heavy atom. The lowest BCUT2D eigenvalue weighted by Gasteiger charge is -2.06. The first-order chi connectivity index (χ1) is 9.99. The fraction of sp³-hybridized carbons (Fsp3) is 0.231. The molecule has 0 radical (unpaired) electrons. The van der Waals surface area contributed by atoms with Crippen molar-refractivity contribution >= 4 is 17.7 Å². The summed E-state index contributed by atoms with van der Waals surface area (Å²) in [6.45, 7) is 1.43. The third-order valence-corrected chi connectivity index (χ3v) is 2.61. The lowest BCUT2D eigenvalue weighted by atomic mass is 10.3. The summed E-state index contributed by atoms with van der Waals surface area (Å²) in [7, 11) is 1.23. The number of hydrogen-bond acceptors (Lipinski definition) is 6. The number of rotatable bonds is 4. The van der Waals surface area contributed by atoms with Gasteiger partial charge in [-0.1, -0.05) is 5.16 Å². The van der Waals surface area contributed by atoms with Gasteiger partial charge in [-0.05, 0) is 13.0 Å². The normalized spacial score (nSPS) is 10.2. The van der Waals surface area contributed by atoms with E-state index in [4.69, 9.17) is 4.52 Å². The van der Waals surface area contributed by atoms with Crippen LogP contribution in [0.1, 0.15) is 16.1 Å². The molecule has 0 fully saturated rings. The number of methoxy groups -OCH3 is 1. The standard InChI is InChI=1S/C13H13N3O5/c1-8-5-10(15-21-8)14-11(17)7-16-6-9(13(19)20-2)3-4-12(16)18/h3-6H,7H2,1-2H3,(H,14,15,17). The molecule has 0 saturated heterocycles. The monoisotopic (exact) mass is 291 g/mol. The number of nitrogens with one attached hydrogen (secondary N) is 1. The quantitative estimate of drug-likeness (QED) is 0.826. The fourth-order valence-corrected chi connectivity index (χ4v) is 1.66. The summed E-state index contributed by atoms with van der Waals surface area (Å²) in [5.41, 5.74) is -0.226. The zero-order chi connectivity index (χ0) is 15.4. The second kappa shape index (κ2) is 6.04. The van der Waals surface area contributed by atoms with E-state index in [-0.39, 0.29) is 17.9 Å². The molecule has 0 aliphatic carbocycles. The third kappa shape index (κ3) is 3.56. The van der Waals surface area contributed by atoms with Gasteiger partial charge in [-0.2, -0.15) is 0 Å². The molecule has 21 heavy (non-hydrogen) atoms. The molecule has 8 nitrogen and oxygen atoms in total. The largest absolute Gasteiger partial charge is 0.465 e. The number of esters is 1. The summed E-state index contributed by atoms with van der Waals surface area (Å²) >= 11 is 0. The average molecular weight is 291 g/mol. The summed E-state index contributed by atoms with van der Waals surface area (Å²) in [6.07, 6.45) is 1.27. The highest BCUT2D eigenvalue weighted by Crippen LogP contribution is 2.07. The van der Waals surface area contributed by atoms with Gasteiger partial charge in [0.15, 0.2) is 5.82 Å². The summed E-state index contributed by atoms with van der Waals surface area (Å²) < 4.78 is 10.5. The first-order valence-electron chi connectivity index (χ1n) is 6.01. The second-order valence-electron chi connectivity index (χ2n) is 4.25. The number of carbonyl (C=O) groups is 2. The van der Waals surface area contributed by atoms with Crippen LogP contribution in [0.25, 0.3) is 0 Å². The molecule has 0 aliphatic heterocycles. The Hall–Kier alpha value is -2.90. The minimum absolute atomic E-state index is 0.183. The average Bonchev–Trinajstić information content (AvgIpc) is 2.85. The molecule has 0 aliphatic rings. The number of ether oxygens (including phenoxy) is 1. The van der Waals surface area contributed by atoms with Gasteiger partial charge in [0.2, 0.25) is 5.91 Å².